The van der Waals surface area contributed by atoms with Crippen molar-refractivity contribution >= 4 is 50.9 Å². The van der Waals surface area contributed by atoms with Crippen molar-refractivity contribution in [2.24, 2.45) is 11.3 Å². The van der Waals surface area contributed by atoms with E-state index < -0.39 is 11.9 Å². The molecular weight excluding hydrogens is 888 g/mol. The minimum Gasteiger partial charge on any atom is -0.508 e. The predicted octanol–water partition coefficient (Wildman–Crippen LogP) is 6.04. The molecule has 3 atom stereocenters. The first-order valence-electron chi connectivity index (χ1n) is 25.8. The number of benzene rings is 3. The van der Waals surface area contributed by atoms with Crippen LogP contribution in [0.15, 0.2) is 54.7 Å². The van der Waals surface area contributed by atoms with Gasteiger partial charge in [-0.3, -0.25) is 29.6 Å². The smallest absolute Gasteiger partial charge is 0.319 e. The number of halogens is 1. The Morgan fingerprint density at radius 3 is 2.43 bits per heavy atom. The molecule has 5 aromatic rings. The van der Waals surface area contributed by atoms with Crippen molar-refractivity contribution in [3.8, 4) is 23.0 Å². The number of phenols is 1. The van der Waals surface area contributed by atoms with Gasteiger partial charge in [-0.1, -0.05) is 25.1 Å². The van der Waals surface area contributed by atoms with Gasteiger partial charge in [0.15, 0.2) is 5.82 Å². The lowest BCUT2D eigenvalue weighted by Crippen LogP contribution is -2.52. The molecule has 2 unspecified atom stereocenters. The number of nitrogens with one attached hydrogen (secondary N) is 2. The maximum absolute atomic E-state index is 17.2. The molecule has 6 aliphatic heterocycles. The standard InChI is InChI=1S/C54H63FN10O5/c1-2-34-4-3-5-35-25-40(66)26-42(46(34)35)48-47(55)49-43(27-56-48)50(64-29-37-6-7-38(30-64)57-37)60-53(59-49)70-32-54(15-16-54)31-62-18-13-33(14-19-62)12-17-61-20-22-63(23-21-61)39-8-9-41-36(24-39)28-65(52(41)69)44-10-11-45(67)58-51(44)68/h3-5,8-9,24-27,33,37-38,44,57,66H,2,6-7,10-23,28-32H2,1H3,(H,58,67,68)/t37?,38?,44-/m0/s1. The van der Waals surface area contributed by atoms with Crippen LogP contribution in [0, 0.1) is 17.2 Å². The number of piperazine rings is 2. The van der Waals surface area contributed by atoms with Crippen molar-refractivity contribution in [2.45, 2.75) is 95.8 Å². The van der Waals surface area contributed by atoms with E-state index in [4.69, 9.17) is 19.7 Å². The lowest BCUT2D eigenvalue weighted by Gasteiger charge is -2.38. The number of aromatic hydroxyl groups is 1. The van der Waals surface area contributed by atoms with Crippen LogP contribution in [0.5, 0.6) is 11.8 Å². The fraction of sp³-hybridized carbons (Fsp3) is 0.519. The van der Waals surface area contributed by atoms with Gasteiger partial charge in [-0.25, -0.2) is 4.39 Å². The average molecular weight is 951 g/mol. The highest BCUT2D eigenvalue weighted by Gasteiger charge is 2.46. The molecule has 0 radical (unpaired) electrons. The lowest BCUT2D eigenvalue weighted by atomic mass is 9.92. The van der Waals surface area contributed by atoms with E-state index in [1.165, 1.54) is 19.3 Å². The number of pyridine rings is 1. The summed E-state index contributed by atoms with van der Waals surface area (Å²) in [6, 6.07) is 15.6. The first-order valence-corrected chi connectivity index (χ1v) is 25.8. The van der Waals surface area contributed by atoms with Gasteiger partial charge < -0.3 is 34.8 Å². The number of fused-ring (bicyclic) bond motifs is 5. The summed E-state index contributed by atoms with van der Waals surface area (Å²) in [5.41, 5.74) is 4.69. The molecule has 1 aliphatic carbocycles. The van der Waals surface area contributed by atoms with Crippen LogP contribution in [0.2, 0.25) is 0 Å². The number of likely N-dealkylation sites (tertiary alicyclic amines) is 1. The fourth-order valence-corrected chi connectivity index (χ4v) is 12.5. The summed E-state index contributed by atoms with van der Waals surface area (Å²) < 4.78 is 23.7. The van der Waals surface area contributed by atoms with Crippen LogP contribution in [0.4, 0.5) is 15.9 Å². The second-order valence-corrected chi connectivity index (χ2v) is 21.3. The Morgan fingerprint density at radius 1 is 0.871 bits per heavy atom. The molecule has 8 heterocycles. The molecule has 366 valence electrons. The maximum Gasteiger partial charge on any atom is 0.319 e. The van der Waals surface area contributed by atoms with Gasteiger partial charge in [-0.15, -0.1) is 0 Å². The Hall–Kier alpha value is -5.97. The highest BCUT2D eigenvalue weighted by molar-refractivity contribution is 6.06. The third-order valence-corrected chi connectivity index (χ3v) is 16.7. The van der Waals surface area contributed by atoms with Gasteiger partial charge in [0.2, 0.25) is 11.8 Å². The number of carbonyl (C=O) groups is 3. The zero-order valence-corrected chi connectivity index (χ0v) is 40.1. The second-order valence-electron chi connectivity index (χ2n) is 21.3. The van der Waals surface area contributed by atoms with E-state index >= 15 is 4.39 Å². The largest absolute Gasteiger partial charge is 0.508 e. The monoisotopic (exact) mass is 950 g/mol. The Balaban J connectivity index is 0.660. The molecular formula is C54H63FN10O5. The number of imide groups is 1. The molecule has 70 heavy (non-hydrogen) atoms. The molecule has 3 amide bonds. The Morgan fingerprint density at radius 2 is 1.67 bits per heavy atom. The molecule has 15 nitrogen and oxygen atoms in total. The first-order chi connectivity index (χ1) is 34.1. The molecule has 2 aromatic heterocycles. The van der Waals surface area contributed by atoms with Crippen LogP contribution in [0.25, 0.3) is 32.9 Å². The Bertz CT molecular complexity index is 2870. The van der Waals surface area contributed by atoms with Crippen molar-refractivity contribution in [2.75, 3.05) is 81.9 Å². The van der Waals surface area contributed by atoms with Gasteiger partial charge >= 0.3 is 6.01 Å². The number of hydrogen-bond acceptors (Lipinski definition) is 13. The van der Waals surface area contributed by atoms with Crippen molar-refractivity contribution in [1.82, 2.24) is 40.3 Å². The van der Waals surface area contributed by atoms with Crippen LogP contribution >= 0.6 is 0 Å². The van der Waals surface area contributed by atoms with E-state index in [1.54, 1.807) is 23.2 Å². The molecule has 5 saturated heterocycles. The summed E-state index contributed by atoms with van der Waals surface area (Å²) in [6.07, 6.45) is 11.0. The fourth-order valence-electron chi connectivity index (χ4n) is 12.5. The van der Waals surface area contributed by atoms with Gasteiger partial charge in [0, 0.05) is 99.3 Å². The van der Waals surface area contributed by atoms with Crippen LogP contribution in [-0.2, 0) is 22.6 Å². The van der Waals surface area contributed by atoms with E-state index in [9.17, 15) is 19.5 Å². The van der Waals surface area contributed by atoms with E-state index in [2.05, 4.69) is 43.2 Å². The SMILES string of the molecule is CCc1cccc2cc(O)cc(-c3ncc4c(N5CC6CCC(C5)N6)nc(OCC5(CN6CCC(CCN7CCN(c8ccc9c(c8)CN([C@H]8CCC(=O)NC8=O)C9=O)CC7)CC6)CC5)nc4c3F)c12. The molecule has 0 spiro atoms. The van der Waals surface area contributed by atoms with E-state index in [-0.39, 0.29) is 52.5 Å². The number of phenolic OH excluding ortho intramolecular Hbond substituents is 1. The number of amides is 3. The van der Waals surface area contributed by atoms with E-state index in [0.717, 1.165) is 125 Å². The molecule has 16 heteroatoms. The number of piperidine rings is 2. The second kappa shape index (κ2) is 18.3. The quantitative estimate of drug-likeness (QED) is 0.118. The van der Waals surface area contributed by atoms with Crippen LogP contribution in [0.3, 0.4) is 0 Å². The van der Waals surface area contributed by atoms with E-state index in [1.807, 2.05) is 30.3 Å². The normalized spacial score (nSPS) is 23.9. The first kappa shape index (κ1) is 45.2. The van der Waals surface area contributed by atoms with Crippen molar-refractivity contribution in [3.05, 3.63) is 77.2 Å². The number of aromatic nitrogens is 3. The molecule has 3 aromatic carbocycles. The zero-order valence-electron chi connectivity index (χ0n) is 40.1. The van der Waals surface area contributed by atoms with Crippen LogP contribution < -0.4 is 25.2 Å². The van der Waals surface area contributed by atoms with Gasteiger partial charge in [0.1, 0.15) is 28.8 Å². The Labute approximate surface area is 407 Å². The number of rotatable bonds is 13. The van der Waals surface area contributed by atoms with Gasteiger partial charge in [-0.2, -0.15) is 9.97 Å². The number of ether oxygens (including phenoxy) is 1. The van der Waals surface area contributed by atoms with Gasteiger partial charge in [0.05, 0.1) is 12.0 Å². The van der Waals surface area contributed by atoms with Crippen molar-refractivity contribution < 1.29 is 28.6 Å². The number of anilines is 2. The summed E-state index contributed by atoms with van der Waals surface area (Å²) in [6.45, 7) is 12.6. The molecule has 2 bridgehead atoms. The number of nitrogens with zero attached hydrogens (tertiary/aromatic N) is 8. The molecule has 3 N–H and O–H groups in total. The summed E-state index contributed by atoms with van der Waals surface area (Å²) in [5.74, 6) is 0.0991. The predicted molar refractivity (Wildman–Crippen MR) is 266 cm³/mol. The van der Waals surface area contributed by atoms with Crippen LogP contribution in [-0.4, -0.2) is 143 Å². The topological polar surface area (TPSA) is 160 Å². The Kier molecular flexibility index (Phi) is 11.8. The molecule has 12 rings (SSSR count). The summed E-state index contributed by atoms with van der Waals surface area (Å²) in [7, 11) is 0. The highest BCUT2D eigenvalue weighted by Crippen LogP contribution is 2.47. The number of hydrogen-bond donors (Lipinski definition) is 3. The van der Waals surface area contributed by atoms with E-state index in [0.29, 0.717) is 59.9 Å². The molecule has 6 fully saturated rings. The highest BCUT2D eigenvalue weighted by atomic mass is 19.1. The van der Waals surface area contributed by atoms with Crippen LogP contribution in [0.1, 0.15) is 86.2 Å². The minimum atomic E-state index is -0.602. The van der Waals surface area contributed by atoms with Crippen molar-refractivity contribution in [1.29, 1.82) is 0 Å². The third kappa shape index (κ3) is 8.69. The third-order valence-electron chi connectivity index (χ3n) is 16.7. The number of aryl methyl sites for hydroxylation is 1. The summed E-state index contributed by atoms with van der Waals surface area (Å²) in [5, 5.41) is 19.2. The van der Waals surface area contributed by atoms with Gasteiger partial charge in [-0.05, 0) is 136 Å². The van der Waals surface area contributed by atoms with Crippen molar-refractivity contribution in [3.63, 3.8) is 0 Å². The summed E-state index contributed by atoms with van der Waals surface area (Å²) in [4.78, 5) is 63.5. The summed E-state index contributed by atoms with van der Waals surface area (Å²) >= 11 is 0. The lowest BCUT2D eigenvalue weighted by molar-refractivity contribution is -0.136. The molecule has 7 aliphatic rings. The zero-order chi connectivity index (χ0) is 47.7. The molecule has 1 saturated carbocycles. The van der Waals surface area contributed by atoms with Gasteiger partial charge in [0.25, 0.3) is 5.91 Å². The maximum atomic E-state index is 17.2. The average Bonchev–Trinajstić information content (AvgIpc) is 3.95. The minimum absolute atomic E-state index is 0.0272. The number of carbonyl (C=O) groups excluding carboxylic acids is 3.